The van der Waals surface area contributed by atoms with Gasteiger partial charge in [-0.2, -0.15) is 5.26 Å². The fourth-order valence-corrected chi connectivity index (χ4v) is 2.67. The summed E-state index contributed by atoms with van der Waals surface area (Å²) in [5.41, 5.74) is 1.28. The van der Waals surface area contributed by atoms with E-state index < -0.39 is 0 Å². The van der Waals surface area contributed by atoms with Gasteiger partial charge in [-0.15, -0.1) is 11.3 Å². The summed E-state index contributed by atoms with van der Waals surface area (Å²) < 4.78 is 1.20. The first kappa shape index (κ1) is 11.7. The van der Waals surface area contributed by atoms with Crippen LogP contribution >= 0.6 is 27.3 Å². The van der Waals surface area contributed by atoms with Gasteiger partial charge in [-0.25, -0.2) is 0 Å². The molecule has 76 valence electrons. The molecule has 0 spiro atoms. The smallest absolute Gasteiger partial charge is 0.0730 e. The third kappa shape index (κ3) is 3.41. The lowest BCUT2D eigenvalue weighted by Crippen LogP contribution is -2.24. The first-order valence-electron chi connectivity index (χ1n) is 4.48. The largest absolute Gasteiger partial charge is 0.308 e. The van der Waals surface area contributed by atoms with Gasteiger partial charge in [0.25, 0.3) is 0 Å². The average Bonchev–Trinajstić information content (AvgIpc) is 2.44. The zero-order chi connectivity index (χ0) is 10.6. The highest BCUT2D eigenvalue weighted by Crippen LogP contribution is 2.27. The third-order valence-corrected chi connectivity index (χ3v) is 4.07. The molecule has 0 aromatic carbocycles. The van der Waals surface area contributed by atoms with Gasteiger partial charge in [-0.05, 0) is 41.4 Å². The molecule has 1 aromatic heterocycles. The standard InChI is InChI=1S/C10H13BrN2S/c1-7-5-9(14-10(7)11)6-13-8(2)3-4-12/h5,8,13H,3,6H2,1-2H3. The zero-order valence-corrected chi connectivity index (χ0v) is 10.7. The Hall–Kier alpha value is -0.370. The van der Waals surface area contributed by atoms with Crippen molar-refractivity contribution in [3.63, 3.8) is 0 Å². The van der Waals surface area contributed by atoms with Crippen LogP contribution in [0.15, 0.2) is 9.85 Å². The summed E-state index contributed by atoms with van der Waals surface area (Å²) >= 11 is 5.24. The quantitative estimate of drug-likeness (QED) is 0.914. The van der Waals surface area contributed by atoms with Gasteiger partial charge in [0.2, 0.25) is 0 Å². The third-order valence-electron chi connectivity index (χ3n) is 1.93. The van der Waals surface area contributed by atoms with Crippen LogP contribution in [0.2, 0.25) is 0 Å². The van der Waals surface area contributed by atoms with Crippen LogP contribution in [0.5, 0.6) is 0 Å². The summed E-state index contributed by atoms with van der Waals surface area (Å²) in [6, 6.07) is 4.58. The van der Waals surface area contributed by atoms with Crippen LogP contribution in [0.3, 0.4) is 0 Å². The summed E-state index contributed by atoms with van der Waals surface area (Å²) in [4.78, 5) is 1.30. The Morgan fingerprint density at radius 1 is 1.71 bits per heavy atom. The molecule has 0 aliphatic rings. The fourth-order valence-electron chi connectivity index (χ4n) is 1.09. The second kappa shape index (κ2) is 5.50. The first-order chi connectivity index (χ1) is 6.63. The van der Waals surface area contributed by atoms with Crippen LogP contribution in [0.25, 0.3) is 0 Å². The molecule has 0 saturated heterocycles. The lowest BCUT2D eigenvalue weighted by molar-refractivity contribution is 0.561. The molecule has 1 atom stereocenters. The summed E-state index contributed by atoms with van der Waals surface area (Å²) in [5, 5.41) is 11.8. The van der Waals surface area contributed by atoms with Crippen LogP contribution < -0.4 is 5.32 Å². The molecule has 0 bridgehead atoms. The lowest BCUT2D eigenvalue weighted by atomic mass is 10.2. The Morgan fingerprint density at radius 3 is 2.93 bits per heavy atom. The van der Waals surface area contributed by atoms with E-state index in [1.807, 2.05) is 6.92 Å². The summed E-state index contributed by atoms with van der Waals surface area (Å²) in [7, 11) is 0. The van der Waals surface area contributed by atoms with E-state index in [9.17, 15) is 0 Å². The normalized spacial score (nSPS) is 12.4. The van der Waals surface area contributed by atoms with Gasteiger partial charge < -0.3 is 5.32 Å². The molecule has 2 nitrogen and oxygen atoms in total. The molecule has 0 fully saturated rings. The van der Waals surface area contributed by atoms with E-state index in [2.05, 4.69) is 40.3 Å². The Bertz CT molecular complexity index is 321. The average molecular weight is 273 g/mol. The SMILES string of the molecule is Cc1cc(CNC(C)CC#N)sc1Br. The zero-order valence-electron chi connectivity index (χ0n) is 8.30. The molecule has 0 radical (unpaired) electrons. The number of nitrogens with zero attached hydrogens (tertiary/aromatic N) is 1. The van der Waals surface area contributed by atoms with Crippen molar-refractivity contribution < 1.29 is 0 Å². The summed E-state index contributed by atoms with van der Waals surface area (Å²) in [6.07, 6.45) is 0.561. The van der Waals surface area contributed by atoms with E-state index in [4.69, 9.17) is 5.26 Å². The Morgan fingerprint density at radius 2 is 2.43 bits per heavy atom. The Kier molecular flexibility index (Phi) is 4.59. The van der Waals surface area contributed by atoms with Crippen molar-refractivity contribution in [2.75, 3.05) is 0 Å². The number of hydrogen-bond donors (Lipinski definition) is 1. The van der Waals surface area contributed by atoms with Crippen molar-refractivity contribution in [3.8, 4) is 6.07 Å². The van der Waals surface area contributed by atoms with E-state index in [-0.39, 0.29) is 6.04 Å². The van der Waals surface area contributed by atoms with Gasteiger partial charge in [-0.1, -0.05) is 0 Å². The van der Waals surface area contributed by atoms with Gasteiger partial charge in [0.15, 0.2) is 0 Å². The second-order valence-electron chi connectivity index (χ2n) is 3.31. The van der Waals surface area contributed by atoms with Crippen LogP contribution in [0.1, 0.15) is 23.8 Å². The highest BCUT2D eigenvalue weighted by molar-refractivity contribution is 9.11. The number of thiophene rings is 1. The van der Waals surface area contributed by atoms with Gasteiger partial charge >= 0.3 is 0 Å². The molecule has 14 heavy (non-hydrogen) atoms. The molecule has 0 saturated carbocycles. The number of nitrogens with one attached hydrogen (secondary N) is 1. The Balaban J connectivity index is 2.42. The fraction of sp³-hybridized carbons (Fsp3) is 0.500. The lowest BCUT2D eigenvalue weighted by Gasteiger charge is -2.07. The first-order valence-corrected chi connectivity index (χ1v) is 6.09. The number of hydrogen-bond acceptors (Lipinski definition) is 3. The topological polar surface area (TPSA) is 35.8 Å². The second-order valence-corrected chi connectivity index (χ2v) is 5.77. The molecule has 0 aliphatic heterocycles. The highest BCUT2D eigenvalue weighted by atomic mass is 79.9. The number of rotatable bonds is 4. The molecular weight excluding hydrogens is 260 g/mol. The van der Waals surface area contributed by atoms with Crippen molar-refractivity contribution >= 4 is 27.3 Å². The minimum absolute atomic E-state index is 0.265. The molecule has 1 unspecified atom stereocenters. The molecule has 1 aromatic rings. The number of aryl methyl sites for hydroxylation is 1. The van der Waals surface area contributed by atoms with Crippen LogP contribution in [0, 0.1) is 18.3 Å². The van der Waals surface area contributed by atoms with E-state index in [1.165, 1.54) is 14.2 Å². The number of nitriles is 1. The van der Waals surface area contributed by atoms with E-state index in [0.717, 1.165) is 6.54 Å². The summed E-state index contributed by atoms with van der Waals surface area (Å²) in [6.45, 7) is 4.96. The molecule has 1 rings (SSSR count). The van der Waals surface area contributed by atoms with Crippen molar-refractivity contribution in [1.29, 1.82) is 5.26 Å². The Labute approximate surface area is 97.1 Å². The van der Waals surface area contributed by atoms with E-state index >= 15 is 0 Å². The van der Waals surface area contributed by atoms with Crippen molar-refractivity contribution in [1.82, 2.24) is 5.32 Å². The minimum atomic E-state index is 0.265. The van der Waals surface area contributed by atoms with Crippen molar-refractivity contribution in [3.05, 3.63) is 20.3 Å². The van der Waals surface area contributed by atoms with Gasteiger partial charge in [-0.3, -0.25) is 0 Å². The maximum atomic E-state index is 8.49. The highest BCUT2D eigenvalue weighted by Gasteiger charge is 2.04. The van der Waals surface area contributed by atoms with Crippen molar-refractivity contribution in [2.24, 2.45) is 0 Å². The van der Waals surface area contributed by atoms with Crippen LogP contribution in [-0.2, 0) is 6.54 Å². The summed E-state index contributed by atoms with van der Waals surface area (Å²) in [5.74, 6) is 0. The van der Waals surface area contributed by atoms with Gasteiger partial charge in [0.05, 0.1) is 16.3 Å². The van der Waals surface area contributed by atoms with E-state index in [1.54, 1.807) is 11.3 Å². The maximum Gasteiger partial charge on any atom is 0.0730 e. The molecule has 0 aliphatic carbocycles. The van der Waals surface area contributed by atoms with Gasteiger partial charge in [0.1, 0.15) is 0 Å². The molecular formula is C10H13BrN2S. The molecule has 0 amide bonds. The minimum Gasteiger partial charge on any atom is -0.308 e. The molecule has 1 N–H and O–H groups in total. The molecule has 4 heteroatoms. The molecule has 1 heterocycles. The van der Waals surface area contributed by atoms with Crippen molar-refractivity contribution in [2.45, 2.75) is 32.9 Å². The van der Waals surface area contributed by atoms with Gasteiger partial charge in [0, 0.05) is 17.5 Å². The van der Waals surface area contributed by atoms with E-state index in [0.29, 0.717) is 6.42 Å². The van der Waals surface area contributed by atoms with Crippen LogP contribution in [0.4, 0.5) is 0 Å². The number of halogens is 1. The predicted molar refractivity (Wildman–Crippen MR) is 63.3 cm³/mol. The van der Waals surface area contributed by atoms with Crippen LogP contribution in [-0.4, -0.2) is 6.04 Å². The predicted octanol–water partition coefficient (Wildman–Crippen LogP) is 3.21. The maximum absolute atomic E-state index is 8.49. The monoisotopic (exact) mass is 272 g/mol.